The molecule has 1 aliphatic carbocycles. The Balaban J connectivity index is 1.68. The summed E-state index contributed by atoms with van der Waals surface area (Å²) in [5.41, 5.74) is 8.39. The first kappa shape index (κ1) is 10.8. The van der Waals surface area contributed by atoms with Gasteiger partial charge < -0.3 is 16.0 Å². The standard InChI is InChI=1S/C11H14N6O/c12-8-9(6-1-2-6)16-17-10(8)11(18)14-4-7-3-13-5-15-7/h3,5-6H,1-2,4,12H2,(H,13,15)(H,14,18)(H,16,17). The van der Waals surface area contributed by atoms with E-state index in [0.29, 0.717) is 18.2 Å². The van der Waals surface area contributed by atoms with Crippen LogP contribution in [-0.4, -0.2) is 26.1 Å². The Bertz CT molecular complexity index is 554. The number of nitrogens with zero attached hydrogens (tertiary/aromatic N) is 2. The molecule has 0 spiro atoms. The second-order valence-electron chi connectivity index (χ2n) is 4.43. The topological polar surface area (TPSA) is 112 Å². The summed E-state index contributed by atoms with van der Waals surface area (Å²) in [6.45, 7) is 0.379. The third-order valence-electron chi connectivity index (χ3n) is 3.03. The van der Waals surface area contributed by atoms with Crippen LogP contribution in [0.2, 0.25) is 0 Å². The highest BCUT2D eigenvalue weighted by atomic mass is 16.1. The Morgan fingerprint density at radius 2 is 2.39 bits per heavy atom. The molecular formula is C11H14N6O. The Hall–Kier alpha value is -2.31. The van der Waals surface area contributed by atoms with Gasteiger partial charge in [0.15, 0.2) is 5.69 Å². The number of rotatable bonds is 4. The molecule has 18 heavy (non-hydrogen) atoms. The SMILES string of the molecule is Nc1c(C(=O)NCc2cnc[nH]2)n[nH]c1C1CC1. The van der Waals surface area contributed by atoms with Gasteiger partial charge in [-0.05, 0) is 12.8 Å². The van der Waals surface area contributed by atoms with Crippen molar-refractivity contribution in [1.29, 1.82) is 0 Å². The van der Waals surface area contributed by atoms with Crippen molar-refractivity contribution in [3.8, 4) is 0 Å². The highest BCUT2D eigenvalue weighted by Crippen LogP contribution is 2.42. The fraction of sp³-hybridized carbons (Fsp3) is 0.364. The van der Waals surface area contributed by atoms with Gasteiger partial charge in [-0.2, -0.15) is 5.10 Å². The Morgan fingerprint density at radius 1 is 1.56 bits per heavy atom. The van der Waals surface area contributed by atoms with Gasteiger partial charge in [0.1, 0.15) is 0 Å². The zero-order valence-corrected chi connectivity index (χ0v) is 9.73. The van der Waals surface area contributed by atoms with E-state index in [1.54, 1.807) is 12.5 Å². The second-order valence-corrected chi connectivity index (χ2v) is 4.43. The number of amides is 1. The summed E-state index contributed by atoms with van der Waals surface area (Å²) >= 11 is 0. The van der Waals surface area contributed by atoms with E-state index >= 15 is 0 Å². The quantitative estimate of drug-likeness (QED) is 0.630. The lowest BCUT2D eigenvalue weighted by molar-refractivity contribution is 0.0946. The number of nitrogens with one attached hydrogen (secondary N) is 3. The maximum atomic E-state index is 11.9. The summed E-state index contributed by atoms with van der Waals surface area (Å²) in [4.78, 5) is 18.7. The Labute approximate surface area is 103 Å². The first-order valence-electron chi connectivity index (χ1n) is 5.85. The molecule has 0 saturated heterocycles. The minimum Gasteiger partial charge on any atom is -0.395 e. The molecule has 1 fully saturated rings. The van der Waals surface area contributed by atoms with Crippen LogP contribution in [0.5, 0.6) is 0 Å². The highest BCUT2D eigenvalue weighted by molar-refractivity contribution is 5.97. The van der Waals surface area contributed by atoms with Crippen molar-refractivity contribution < 1.29 is 4.79 Å². The summed E-state index contributed by atoms with van der Waals surface area (Å²) < 4.78 is 0. The molecule has 2 aromatic rings. The average Bonchev–Trinajstić information content (AvgIpc) is 2.93. The molecule has 0 aliphatic heterocycles. The monoisotopic (exact) mass is 246 g/mol. The van der Waals surface area contributed by atoms with E-state index in [1.165, 1.54) is 0 Å². The minimum absolute atomic E-state index is 0.273. The number of nitrogens with two attached hydrogens (primary N) is 1. The van der Waals surface area contributed by atoms with Crippen LogP contribution in [0.4, 0.5) is 5.69 Å². The van der Waals surface area contributed by atoms with Crippen molar-refractivity contribution in [2.24, 2.45) is 0 Å². The maximum Gasteiger partial charge on any atom is 0.274 e. The minimum atomic E-state index is -0.273. The van der Waals surface area contributed by atoms with Crippen molar-refractivity contribution in [2.75, 3.05) is 5.73 Å². The largest absolute Gasteiger partial charge is 0.395 e. The number of hydrogen-bond acceptors (Lipinski definition) is 4. The predicted molar refractivity (Wildman–Crippen MR) is 64.7 cm³/mol. The molecule has 2 heterocycles. The van der Waals surface area contributed by atoms with Crippen molar-refractivity contribution in [2.45, 2.75) is 25.3 Å². The van der Waals surface area contributed by atoms with E-state index in [1.807, 2.05) is 0 Å². The number of aromatic nitrogens is 4. The second kappa shape index (κ2) is 4.17. The lowest BCUT2D eigenvalue weighted by Crippen LogP contribution is -2.24. The Kier molecular flexibility index (Phi) is 2.51. The number of carbonyl (C=O) groups excluding carboxylic acids is 1. The average molecular weight is 246 g/mol. The Morgan fingerprint density at radius 3 is 3.06 bits per heavy atom. The maximum absolute atomic E-state index is 11.9. The van der Waals surface area contributed by atoms with Gasteiger partial charge in [-0.15, -0.1) is 0 Å². The first-order valence-corrected chi connectivity index (χ1v) is 5.85. The van der Waals surface area contributed by atoms with Crippen LogP contribution < -0.4 is 11.1 Å². The van der Waals surface area contributed by atoms with E-state index in [2.05, 4.69) is 25.5 Å². The first-order chi connectivity index (χ1) is 8.75. The summed E-state index contributed by atoms with van der Waals surface area (Å²) in [5, 5.41) is 9.59. The number of nitrogen functional groups attached to an aromatic ring is 1. The molecule has 0 bridgehead atoms. The van der Waals surface area contributed by atoms with E-state index in [-0.39, 0.29) is 11.6 Å². The zero-order chi connectivity index (χ0) is 12.5. The molecule has 1 saturated carbocycles. The number of H-pyrrole nitrogens is 2. The summed E-state index contributed by atoms with van der Waals surface area (Å²) in [7, 11) is 0. The summed E-state index contributed by atoms with van der Waals surface area (Å²) in [5.74, 6) is 0.178. The van der Waals surface area contributed by atoms with Gasteiger partial charge in [-0.1, -0.05) is 0 Å². The molecule has 0 unspecified atom stereocenters. The molecule has 1 aliphatic rings. The molecule has 5 N–H and O–H groups in total. The predicted octanol–water partition coefficient (Wildman–Crippen LogP) is 0.522. The van der Waals surface area contributed by atoms with Crippen molar-refractivity contribution in [1.82, 2.24) is 25.5 Å². The molecule has 0 atom stereocenters. The number of imidazole rings is 1. The number of carbonyl (C=O) groups is 1. The van der Waals surface area contributed by atoms with E-state index in [9.17, 15) is 4.79 Å². The summed E-state index contributed by atoms with van der Waals surface area (Å²) in [6, 6.07) is 0. The van der Waals surface area contributed by atoms with Gasteiger partial charge >= 0.3 is 0 Å². The molecule has 7 nitrogen and oxygen atoms in total. The zero-order valence-electron chi connectivity index (χ0n) is 9.73. The van der Waals surface area contributed by atoms with Crippen LogP contribution in [0.3, 0.4) is 0 Å². The molecule has 0 radical (unpaired) electrons. The third-order valence-corrected chi connectivity index (χ3v) is 3.03. The third kappa shape index (κ3) is 1.94. The van der Waals surface area contributed by atoms with Gasteiger partial charge in [0, 0.05) is 12.1 Å². The van der Waals surface area contributed by atoms with Crippen LogP contribution >= 0.6 is 0 Å². The van der Waals surface area contributed by atoms with Crippen molar-refractivity contribution >= 4 is 11.6 Å². The van der Waals surface area contributed by atoms with Crippen molar-refractivity contribution in [3.63, 3.8) is 0 Å². The summed E-state index contributed by atoms with van der Waals surface area (Å²) in [6.07, 6.45) is 5.45. The highest BCUT2D eigenvalue weighted by Gasteiger charge is 2.30. The van der Waals surface area contributed by atoms with Gasteiger partial charge in [-0.25, -0.2) is 4.98 Å². The molecular weight excluding hydrogens is 232 g/mol. The number of anilines is 1. The molecule has 1 amide bonds. The fourth-order valence-corrected chi connectivity index (χ4v) is 1.86. The lowest BCUT2D eigenvalue weighted by atomic mass is 10.2. The van der Waals surface area contributed by atoms with Gasteiger partial charge in [0.25, 0.3) is 5.91 Å². The van der Waals surface area contributed by atoms with Crippen LogP contribution in [0.25, 0.3) is 0 Å². The van der Waals surface area contributed by atoms with Gasteiger partial charge in [-0.3, -0.25) is 9.89 Å². The van der Waals surface area contributed by atoms with Crippen LogP contribution in [0, 0.1) is 0 Å². The van der Waals surface area contributed by atoms with Crippen LogP contribution in [-0.2, 0) is 6.54 Å². The van der Waals surface area contributed by atoms with Crippen molar-refractivity contribution in [3.05, 3.63) is 29.6 Å². The number of aromatic amines is 2. The van der Waals surface area contributed by atoms with E-state index in [0.717, 1.165) is 24.2 Å². The number of hydrogen-bond donors (Lipinski definition) is 4. The van der Waals surface area contributed by atoms with Gasteiger partial charge in [0.2, 0.25) is 0 Å². The fourth-order valence-electron chi connectivity index (χ4n) is 1.86. The van der Waals surface area contributed by atoms with Gasteiger partial charge in [0.05, 0.1) is 29.9 Å². The molecule has 0 aromatic carbocycles. The normalized spacial score (nSPS) is 14.7. The lowest BCUT2D eigenvalue weighted by Gasteiger charge is -2.01. The molecule has 94 valence electrons. The molecule has 2 aromatic heterocycles. The van der Waals surface area contributed by atoms with Crippen LogP contribution in [0.1, 0.15) is 40.6 Å². The smallest absolute Gasteiger partial charge is 0.274 e. The molecule has 7 heteroatoms. The van der Waals surface area contributed by atoms with Crippen LogP contribution in [0.15, 0.2) is 12.5 Å². The van der Waals surface area contributed by atoms with E-state index < -0.39 is 0 Å². The van der Waals surface area contributed by atoms with E-state index in [4.69, 9.17) is 5.73 Å². The molecule has 3 rings (SSSR count).